The first-order valence-corrected chi connectivity index (χ1v) is 5.27. The van der Waals surface area contributed by atoms with Crippen molar-refractivity contribution in [2.45, 2.75) is 0 Å². The van der Waals surface area contributed by atoms with Crippen LogP contribution in [-0.4, -0.2) is 16.1 Å². The van der Waals surface area contributed by atoms with Crippen LogP contribution in [0, 0.1) is 17.5 Å². The van der Waals surface area contributed by atoms with E-state index >= 15 is 0 Å². The van der Waals surface area contributed by atoms with E-state index in [2.05, 4.69) is 20.9 Å². The monoisotopic (exact) mass is 283 g/mol. The number of nitrogens with zero attached hydrogens (tertiary/aromatic N) is 2. The van der Waals surface area contributed by atoms with Crippen molar-refractivity contribution >= 4 is 17.4 Å². The summed E-state index contributed by atoms with van der Waals surface area (Å²) in [4.78, 5) is 11.7. The molecule has 1 aromatic heterocycles. The zero-order valence-electron chi connectivity index (χ0n) is 9.82. The zero-order chi connectivity index (χ0) is 14.7. The van der Waals surface area contributed by atoms with Crippen molar-refractivity contribution in [3.8, 4) is 0 Å². The van der Waals surface area contributed by atoms with Crippen molar-refractivity contribution in [3.05, 3.63) is 47.4 Å². The van der Waals surface area contributed by atoms with Gasteiger partial charge in [0.25, 0.3) is 5.91 Å². The normalized spacial score (nSPS) is 10.2. The van der Waals surface area contributed by atoms with E-state index < -0.39 is 29.0 Å². The highest BCUT2D eigenvalue weighted by atomic mass is 19.2. The van der Waals surface area contributed by atoms with E-state index in [1.165, 1.54) is 12.1 Å². The Morgan fingerprint density at radius 1 is 1.05 bits per heavy atom. The van der Waals surface area contributed by atoms with Gasteiger partial charge in [-0.3, -0.25) is 4.79 Å². The lowest BCUT2D eigenvalue weighted by atomic mass is 10.2. The van der Waals surface area contributed by atoms with Crippen molar-refractivity contribution < 1.29 is 18.0 Å². The average molecular weight is 283 g/mol. The Morgan fingerprint density at radius 3 is 2.35 bits per heavy atom. The van der Waals surface area contributed by atoms with Crippen LogP contribution >= 0.6 is 0 Å². The Kier molecular flexibility index (Phi) is 3.80. The standard InChI is InChI=1S/C11H8F3N5O/c12-5-3-7(14)9(4-6(5)13)16-11(20)8-1-2-10(17-15)19-18-8/h1-4H,15H2,(H,16,20)(H,17,19). The third-order valence-electron chi connectivity index (χ3n) is 2.30. The number of hydrogen-bond acceptors (Lipinski definition) is 5. The third-order valence-corrected chi connectivity index (χ3v) is 2.30. The van der Waals surface area contributed by atoms with Crippen LogP contribution in [-0.2, 0) is 0 Å². The van der Waals surface area contributed by atoms with Gasteiger partial charge in [-0.1, -0.05) is 0 Å². The number of aromatic nitrogens is 2. The molecule has 1 heterocycles. The van der Waals surface area contributed by atoms with Gasteiger partial charge in [0.2, 0.25) is 0 Å². The molecule has 0 atom stereocenters. The van der Waals surface area contributed by atoms with Crippen LogP contribution in [0.25, 0.3) is 0 Å². The van der Waals surface area contributed by atoms with Gasteiger partial charge >= 0.3 is 0 Å². The Balaban J connectivity index is 2.20. The largest absolute Gasteiger partial charge is 0.318 e. The number of hydrazine groups is 1. The lowest BCUT2D eigenvalue weighted by molar-refractivity contribution is 0.102. The van der Waals surface area contributed by atoms with Gasteiger partial charge in [0.05, 0.1) is 5.69 Å². The van der Waals surface area contributed by atoms with E-state index in [9.17, 15) is 18.0 Å². The first-order chi connectivity index (χ1) is 9.51. The molecule has 20 heavy (non-hydrogen) atoms. The summed E-state index contributed by atoms with van der Waals surface area (Å²) >= 11 is 0. The van der Waals surface area contributed by atoms with Crippen LogP contribution in [0.1, 0.15) is 10.5 Å². The maximum atomic E-state index is 13.3. The number of amides is 1. The first kappa shape index (κ1) is 13.7. The highest BCUT2D eigenvalue weighted by Crippen LogP contribution is 2.19. The third kappa shape index (κ3) is 2.83. The van der Waals surface area contributed by atoms with Gasteiger partial charge < -0.3 is 10.7 Å². The van der Waals surface area contributed by atoms with Crippen LogP contribution in [0.3, 0.4) is 0 Å². The summed E-state index contributed by atoms with van der Waals surface area (Å²) in [5.74, 6) is 0.729. The molecule has 0 spiro atoms. The summed E-state index contributed by atoms with van der Waals surface area (Å²) in [7, 11) is 0. The van der Waals surface area contributed by atoms with Crippen LogP contribution in [0.5, 0.6) is 0 Å². The molecule has 4 N–H and O–H groups in total. The molecule has 0 unspecified atom stereocenters. The maximum Gasteiger partial charge on any atom is 0.276 e. The van der Waals surface area contributed by atoms with E-state index in [-0.39, 0.29) is 11.5 Å². The first-order valence-electron chi connectivity index (χ1n) is 5.27. The van der Waals surface area contributed by atoms with E-state index in [0.717, 1.165) is 0 Å². The molecule has 0 saturated heterocycles. The summed E-state index contributed by atoms with van der Waals surface area (Å²) in [5, 5.41) is 9.12. The van der Waals surface area contributed by atoms with Crippen molar-refractivity contribution in [2.75, 3.05) is 10.7 Å². The molecule has 1 amide bonds. The fourth-order valence-electron chi connectivity index (χ4n) is 1.34. The second-order valence-corrected chi connectivity index (χ2v) is 3.65. The number of nitrogens with two attached hydrogens (primary N) is 1. The SMILES string of the molecule is NNc1ccc(C(=O)Nc2cc(F)c(F)cc2F)nn1. The summed E-state index contributed by atoms with van der Waals surface area (Å²) in [5.41, 5.74) is 1.56. The number of rotatable bonds is 3. The number of nitrogens with one attached hydrogen (secondary N) is 2. The Bertz CT molecular complexity index is 647. The van der Waals surface area contributed by atoms with Gasteiger partial charge in [-0.25, -0.2) is 19.0 Å². The molecule has 2 aromatic rings. The van der Waals surface area contributed by atoms with Crippen molar-refractivity contribution in [1.82, 2.24) is 10.2 Å². The summed E-state index contributed by atoms with van der Waals surface area (Å²) in [6, 6.07) is 3.50. The summed E-state index contributed by atoms with van der Waals surface area (Å²) in [6.07, 6.45) is 0. The smallest absolute Gasteiger partial charge is 0.276 e. The van der Waals surface area contributed by atoms with Crippen LogP contribution < -0.4 is 16.6 Å². The summed E-state index contributed by atoms with van der Waals surface area (Å²) in [6.45, 7) is 0. The molecule has 0 radical (unpaired) electrons. The quantitative estimate of drug-likeness (QED) is 0.450. The van der Waals surface area contributed by atoms with Crippen molar-refractivity contribution in [2.24, 2.45) is 5.84 Å². The molecule has 2 rings (SSSR count). The number of carbonyl (C=O) groups excluding carboxylic acids is 1. The second kappa shape index (κ2) is 5.53. The molecule has 6 nitrogen and oxygen atoms in total. The fourth-order valence-corrected chi connectivity index (χ4v) is 1.34. The van der Waals surface area contributed by atoms with Crippen LogP contribution in [0.15, 0.2) is 24.3 Å². The lowest BCUT2D eigenvalue weighted by Crippen LogP contribution is -2.17. The maximum absolute atomic E-state index is 13.3. The van der Waals surface area contributed by atoms with Gasteiger partial charge in [-0.2, -0.15) is 0 Å². The molecule has 9 heteroatoms. The van der Waals surface area contributed by atoms with Gasteiger partial charge in [0.15, 0.2) is 23.1 Å². The molecule has 0 aliphatic heterocycles. The van der Waals surface area contributed by atoms with Gasteiger partial charge in [-0.15, -0.1) is 10.2 Å². The fraction of sp³-hybridized carbons (Fsp3) is 0. The van der Waals surface area contributed by atoms with Crippen molar-refractivity contribution in [3.63, 3.8) is 0 Å². The van der Waals surface area contributed by atoms with E-state index in [4.69, 9.17) is 5.84 Å². The summed E-state index contributed by atoms with van der Waals surface area (Å²) < 4.78 is 39.0. The average Bonchev–Trinajstić information content (AvgIpc) is 2.44. The molecular weight excluding hydrogens is 275 g/mol. The molecule has 1 aromatic carbocycles. The van der Waals surface area contributed by atoms with Crippen LogP contribution in [0.2, 0.25) is 0 Å². The predicted octanol–water partition coefficient (Wildman–Crippen LogP) is 1.43. The van der Waals surface area contributed by atoms with E-state index in [1.54, 1.807) is 0 Å². The highest BCUT2D eigenvalue weighted by Gasteiger charge is 2.14. The van der Waals surface area contributed by atoms with E-state index in [1.807, 2.05) is 0 Å². The molecule has 0 bridgehead atoms. The lowest BCUT2D eigenvalue weighted by Gasteiger charge is -2.06. The zero-order valence-corrected chi connectivity index (χ0v) is 9.82. The number of benzene rings is 1. The molecule has 0 fully saturated rings. The van der Waals surface area contributed by atoms with E-state index in [0.29, 0.717) is 12.1 Å². The number of hydrogen-bond donors (Lipinski definition) is 3. The minimum atomic E-state index is -1.35. The molecule has 0 saturated carbocycles. The molecule has 0 aliphatic rings. The minimum absolute atomic E-state index is 0.145. The Labute approximate surface area is 110 Å². The number of halogens is 3. The number of nitrogen functional groups attached to an aromatic ring is 1. The second-order valence-electron chi connectivity index (χ2n) is 3.65. The predicted molar refractivity (Wildman–Crippen MR) is 64.1 cm³/mol. The van der Waals surface area contributed by atoms with Gasteiger partial charge in [0, 0.05) is 12.1 Å². The molecule has 104 valence electrons. The van der Waals surface area contributed by atoms with Gasteiger partial charge in [-0.05, 0) is 12.1 Å². The Morgan fingerprint density at radius 2 is 1.75 bits per heavy atom. The van der Waals surface area contributed by atoms with Crippen molar-refractivity contribution in [1.29, 1.82) is 0 Å². The van der Waals surface area contributed by atoms with Gasteiger partial charge in [0.1, 0.15) is 5.82 Å². The number of anilines is 2. The molecule has 0 aliphatic carbocycles. The Hall–Kier alpha value is -2.68. The van der Waals surface area contributed by atoms with Crippen LogP contribution in [0.4, 0.5) is 24.7 Å². The minimum Gasteiger partial charge on any atom is -0.318 e. The highest BCUT2D eigenvalue weighted by molar-refractivity contribution is 6.02. The number of carbonyl (C=O) groups is 1. The topological polar surface area (TPSA) is 92.9 Å². The molecular formula is C11H8F3N5O.